The van der Waals surface area contributed by atoms with Crippen LogP contribution in [0.2, 0.25) is 0 Å². The van der Waals surface area contributed by atoms with Gasteiger partial charge in [-0.1, -0.05) is 39.0 Å². The van der Waals surface area contributed by atoms with Gasteiger partial charge in [-0.25, -0.2) is 0 Å². The number of rotatable bonds is 6. The molecule has 0 aromatic heterocycles. The van der Waals surface area contributed by atoms with E-state index in [0.717, 1.165) is 18.7 Å². The highest BCUT2D eigenvalue weighted by atomic mass is 16.5. The molecule has 1 saturated carbocycles. The van der Waals surface area contributed by atoms with Crippen molar-refractivity contribution in [1.29, 1.82) is 0 Å². The van der Waals surface area contributed by atoms with Crippen molar-refractivity contribution in [2.24, 2.45) is 0 Å². The lowest BCUT2D eigenvalue weighted by molar-refractivity contribution is 0.203. The monoisotopic (exact) mass is 261 g/mol. The Morgan fingerprint density at radius 2 is 2.05 bits per heavy atom. The molecule has 0 heterocycles. The molecular formula is C17H27NO. The van der Waals surface area contributed by atoms with Gasteiger partial charge in [0.05, 0.1) is 0 Å². The Morgan fingerprint density at radius 1 is 1.26 bits per heavy atom. The van der Waals surface area contributed by atoms with E-state index in [4.69, 9.17) is 4.74 Å². The van der Waals surface area contributed by atoms with Crippen molar-refractivity contribution in [3.63, 3.8) is 0 Å². The summed E-state index contributed by atoms with van der Waals surface area (Å²) in [5.74, 6) is 1.60. The van der Waals surface area contributed by atoms with Gasteiger partial charge in [-0.05, 0) is 49.8 Å². The van der Waals surface area contributed by atoms with Crippen molar-refractivity contribution in [3.05, 3.63) is 29.8 Å². The summed E-state index contributed by atoms with van der Waals surface area (Å²) < 4.78 is 6.24. The molecule has 0 amide bonds. The summed E-state index contributed by atoms with van der Waals surface area (Å²) in [5.41, 5.74) is 1.33. The molecule has 1 fully saturated rings. The van der Waals surface area contributed by atoms with Crippen LogP contribution in [0.3, 0.4) is 0 Å². The molecule has 19 heavy (non-hydrogen) atoms. The van der Waals surface area contributed by atoms with Gasteiger partial charge in [0, 0.05) is 6.04 Å². The number of benzene rings is 1. The first-order valence-corrected chi connectivity index (χ1v) is 7.69. The van der Waals surface area contributed by atoms with Crippen LogP contribution < -0.4 is 10.1 Å². The first-order valence-electron chi connectivity index (χ1n) is 7.69. The summed E-state index contributed by atoms with van der Waals surface area (Å²) in [6, 6.07) is 9.12. The molecule has 1 N–H and O–H groups in total. The minimum Gasteiger partial charge on any atom is -0.490 e. The third kappa shape index (κ3) is 3.97. The average Bonchev–Trinajstić information content (AvgIpc) is 2.84. The van der Waals surface area contributed by atoms with Crippen molar-refractivity contribution in [1.82, 2.24) is 5.32 Å². The van der Waals surface area contributed by atoms with Crippen LogP contribution in [0.4, 0.5) is 0 Å². The Kier molecular flexibility index (Phi) is 5.26. The molecule has 0 aliphatic heterocycles. The van der Waals surface area contributed by atoms with Gasteiger partial charge < -0.3 is 10.1 Å². The number of nitrogens with one attached hydrogen (secondary N) is 1. The van der Waals surface area contributed by atoms with Crippen LogP contribution in [0.25, 0.3) is 0 Å². The first kappa shape index (κ1) is 14.4. The molecule has 1 aliphatic carbocycles. The van der Waals surface area contributed by atoms with Crippen LogP contribution in [0.1, 0.15) is 57.9 Å². The number of hydrogen-bond acceptors (Lipinski definition) is 2. The topological polar surface area (TPSA) is 21.3 Å². The Labute approximate surface area is 117 Å². The minimum absolute atomic E-state index is 0.384. The van der Waals surface area contributed by atoms with E-state index >= 15 is 0 Å². The Balaban J connectivity index is 1.92. The molecule has 106 valence electrons. The van der Waals surface area contributed by atoms with Crippen LogP contribution in [0.5, 0.6) is 5.75 Å². The van der Waals surface area contributed by atoms with Gasteiger partial charge in [-0.15, -0.1) is 0 Å². The zero-order valence-corrected chi connectivity index (χ0v) is 12.5. The molecule has 0 saturated heterocycles. The van der Waals surface area contributed by atoms with Crippen LogP contribution >= 0.6 is 0 Å². The Bertz CT molecular complexity index is 389. The fourth-order valence-corrected chi connectivity index (χ4v) is 2.83. The van der Waals surface area contributed by atoms with Crippen LogP contribution in [0.15, 0.2) is 24.3 Å². The average molecular weight is 261 g/mol. The predicted octanol–water partition coefficient (Wildman–Crippen LogP) is 4.11. The third-order valence-corrected chi connectivity index (χ3v) is 3.90. The van der Waals surface area contributed by atoms with Crippen molar-refractivity contribution in [3.8, 4) is 5.75 Å². The molecule has 2 heteroatoms. The summed E-state index contributed by atoms with van der Waals surface area (Å²) in [6.45, 7) is 7.79. The zero-order valence-electron chi connectivity index (χ0n) is 12.5. The summed E-state index contributed by atoms with van der Waals surface area (Å²) >= 11 is 0. The van der Waals surface area contributed by atoms with E-state index in [1.165, 1.54) is 24.8 Å². The Hall–Kier alpha value is -1.02. The summed E-state index contributed by atoms with van der Waals surface area (Å²) in [5, 5.41) is 3.60. The van der Waals surface area contributed by atoms with Gasteiger partial charge >= 0.3 is 0 Å². The zero-order chi connectivity index (χ0) is 13.7. The molecule has 0 radical (unpaired) electrons. The summed E-state index contributed by atoms with van der Waals surface area (Å²) in [7, 11) is 0. The molecule has 1 aromatic carbocycles. The van der Waals surface area contributed by atoms with E-state index in [1.54, 1.807) is 0 Å². The van der Waals surface area contributed by atoms with E-state index in [1.807, 2.05) is 0 Å². The van der Waals surface area contributed by atoms with Gasteiger partial charge in [-0.3, -0.25) is 0 Å². The second-order valence-corrected chi connectivity index (χ2v) is 5.90. The van der Waals surface area contributed by atoms with Crippen LogP contribution in [-0.4, -0.2) is 18.7 Å². The minimum atomic E-state index is 0.384. The lowest BCUT2D eigenvalue weighted by atomic mass is 10.0. The van der Waals surface area contributed by atoms with Crippen molar-refractivity contribution in [2.45, 2.75) is 64.5 Å². The molecule has 0 bridgehead atoms. The molecule has 1 aromatic rings. The van der Waals surface area contributed by atoms with E-state index in [2.05, 4.69) is 50.4 Å². The van der Waals surface area contributed by atoms with Gasteiger partial charge in [0.15, 0.2) is 0 Å². The standard InChI is InChI=1S/C17H27NO/c1-4-11-18-14-9-10-15(12-14)19-17-8-6-5-7-16(17)13(2)3/h5-8,13-15,18H,4,9-12H2,1-3H3. The van der Waals surface area contributed by atoms with Gasteiger partial charge in [0.25, 0.3) is 0 Å². The van der Waals surface area contributed by atoms with Gasteiger partial charge in [-0.2, -0.15) is 0 Å². The third-order valence-electron chi connectivity index (χ3n) is 3.90. The fourth-order valence-electron chi connectivity index (χ4n) is 2.83. The lowest BCUT2D eigenvalue weighted by Gasteiger charge is -2.19. The molecular weight excluding hydrogens is 234 g/mol. The molecule has 0 spiro atoms. The number of para-hydroxylation sites is 1. The molecule has 2 rings (SSSR count). The van der Waals surface area contributed by atoms with Crippen molar-refractivity contribution >= 4 is 0 Å². The van der Waals surface area contributed by atoms with E-state index in [0.29, 0.717) is 18.1 Å². The Morgan fingerprint density at radius 3 is 2.79 bits per heavy atom. The van der Waals surface area contributed by atoms with Crippen LogP contribution in [0, 0.1) is 0 Å². The summed E-state index contributed by atoms with van der Waals surface area (Å²) in [6.07, 6.45) is 5.15. The largest absolute Gasteiger partial charge is 0.490 e. The molecule has 2 unspecified atom stereocenters. The molecule has 2 nitrogen and oxygen atoms in total. The predicted molar refractivity (Wildman–Crippen MR) is 80.9 cm³/mol. The van der Waals surface area contributed by atoms with Crippen LogP contribution in [-0.2, 0) is 0 Å². The lowest BCUT2D eigenvalue weighted by Crippen LogP contribution is -2.28. The van der Waals surface area contributed by atoms with E-state index in [9.17, 15) is 0 Å². The second-order valence-electron chi connectivity index (χ2n) is 5.90. The van der Waals surface area contributed by atoms with Crippen molar-refractivity contribution < 1.29 is 4.74 Å². The maximum Gasteiger partial charge on any atom is 0.123 e. The second kappa shape index (κ2) is 6.95. The SMILES string of the molecule is CCCNC1CCC(Oc2ccccc2C(C)C)C1. The molecule has 2 atom stereocenters. The highest BCUT2D eigenvalue weighted by molar-refractivity contribution is 5.35. The van der Waals surface area contributed by atoms with Gasteiger partial charge in [0.2, 0.25) is 0 Å². The highest BCUT2D eigenvalue weighted by Gasteiger charge is 2.26. The summed E-state index contributed by atoms with van der Waals surface area (Å²) in [4.78, 5) is 0. The maximum atomic E-state index is 6.24. The van der Waals surface area contributed by atoms with Gasteiger partial charge in [0.1, 0.15) is 11.9 Å². The fraction of sp³-hybridized carbons (Fsp3) is 0.647. The number of ether oxygens (including phenoxy) is 1. The van der Waals surface area contributed by atoms with E-state index < -0.39 is 0 Å². The smallest absolute Gasteiger partial charge is 0.123 e. The van der Waals surface area contributed by atoms with Crippen molar-refractivity contribution in [2.75, 3.05) is 6.54 Å². The first-order chi connectivity index (χ1) is 9.20. The van der Waals surface area contributed by atoms with E-state index in [-0.39, 0.29) is 0 Å². The molecule has 1 aliphatic rings. The maximum absolute atomic E-state index is 6.24. The number of hydrogen-bond donors (Lipinski definition) is 1. The quantitative estimate of drug-likeness (QED) is 0.832. The highest BCUT2D eigenvalue weighted by Crippen LogP contribution is 2.30. The normalized spacial score (nSPS) is 22.9.